The number of hydrogen-bond acceptors (Lipinski definition) is 7. The molecule has 1 unspecified atom stereocenters. The van der Waals surface area contributed by atoms with Crippen LogP contribution in [-0.2, 0) is 14.3 Å². The predicted molar refractivity (Wildman–Crippen MR) is 113 cm³/mol. The number of allylic oxidation sites excluding steroid dienone is 1. The number of carbonyl (C=O) groups is 2. The summed E-state index contributed by atoms with van der Waals surface area (Å²) in [5.41, 5.74) is 2.69. The Balaban J connectivity index is 2.01. The number of thioether (sulfide) groups is 1. The van der Waals surface area contributed by atoms with Crippen LogP contribution >= 0.6 is 11.8 Å². The van der Waals surface area contributed by atoms with Crippen molar-refractivity contribution in [3.05, 3.63) is 64.9 Å². The molecule has 2 heterocycles. The van der Waals surface area contributed by atoms with Crippen LogP contribution in [0, 0.1) is 0 Å². The highest BCUT2D eigenvalue weighted by Crippen LogP contribution is 2.44. The van der Waals surface area contributed by atoms with Crippen molar-refractivity contribution < 1.29 is 19.1 Å². The summed E-state index contributed by atoms with van der Waals surface area (Å²) in [4.78, 5) is 31.4. The van der Waals surface area contributed by atoms with Crippen LogP contribution < -0.4 is 10.1 Å². The van der Waals surface area contributed by atoms with Gasteiger partial charge in [0, 0.05) is 12.2 Å². The number of methoxy groups -OCH3 is 2. The van der Waals surface area contributed by atoms with E-state index in [1.54, 1.807) is 20.1 Å². The van der Waals surface area contributed by atoms with E-state index in [9.17, 15) is 9.59 Å². The number of esters is 1. The maximum absolute atomic E-state index is 12.6. The summed E-state index contributed by atoms with van der Waals surface area (Å²) in [6.07, 6.45) is 1.80. The highest BCUT2D eigenvalue weighted by Gasteiger charge is 2.40. The van der Waals surface area contributed by atoms with E-state index >= 15 is 0 Å². The van der Waals surface area contributed by atoms with Gasteiger partial charge in [0.2, 0.25) is 5.91 Å². The second kappa shape index (κ2) is 9.00. The molecule has 1 aromatic rings. The predicted octanol–water partition coefficient (Wildman–Crippen LogP) is 3.14. The highest BCUT2D eigenvalue weighted by molar-refractivity contribution is 8.16. The van der Waals surface area contributed by atoms with Crippen molar-refractivity contribution in [2.24, 2.45) is 4.99 Å². The van der Waals surface area contributed by atoms with Crippen LogP contribution in [0.3, 0.4) is 0 Å². The Bertz CT molecular complexity index is 918. The molecule has 0 saturated carbocycles. The minimum absolute atomic E-state index is 0.127. The van der Waals surface area contributed by atoms with Gasteiger partial charge in [0.1, 0.15) is 5.75 Å². The molecule has 0 radical (unpaired) electrons. The summed E-state index contributed by atoms with van der Waals surface area (Å²) in [6, 6.07) is 7.04. The van der Waals surface area contributed by atoms with Crippen molar-refractivity contribution in [3.8, 4) is 5.75 Å². The monoisotopic (exact) mass is 413 g/mol. The van der Waals surface area contributed by atoms with Crippen molar-refractivity contribution in [2.75, 3.05) is 20.8 Å². The SMILES string of the molecule is C=CCNC(=O)CC1=CSC2=NC(C)=C(C(=O)OC)C(c3ccc(OC)cc3)N12. The fourth-order valence-corrected chi connectivity index (χ4v) is 4.22. The number of aliphatic imine (C=N–C) groups is 1. The van der Waals surface area contributed by atoms with Gasteiger partial charge >= 0.3 is 5.97 Å². The molecule has 3 rings (SSSR count). The number of carbonyl (C=O) groups excluding carboxylic acids is 2. The van der Waals surface area contributed by atoms with Gasteiger partial charge in [-0.1, -0.05) is 30.0 Å². The van der Waals surface area contributed by atoms with Gasteiger partial charge in [0.15, 0.2) is 5.17 Å². The van der Waals surface area contributed by atoms with Gasteiger partial charge in [-0.3, -0.25) is 4.79 Å². The smallest absolute Gasteiger partial charge is 0.338 e. The quantitative estimate of drug-likeness (QED) is 0.546. The topological polar surface area (TPSA) is 80.2 Å². The molecule has 0 bridgehead atoms. The number of amides is 1. The molecule has 2 aliphatic rings. The van der Waals surface area contributed by atoms with Gasteiger partial charge in [-0.05, 0) is 30.0 Å². The van der Waals surface area contributed by atoms with Gasteiger partial charge in [0.25, 0.3) is 0 Å². The fraction of sp³-hybridized carbons (Fsp3) is 0.286. The lowest BCUT2D eigenvalue weighted by molar-refractivity contribution is -0.136. The molecule has 0 aromatic heterocycles. The molecule has 29 heavy (non-hydrogen) atoms. The third-order valence-electron chi connectivity index (χ3n) is 4.62. The molecule has 1 aromatic carbocycles. The molecule has 2 aliphatic heterocycles. The number of nitrogens with one attached hydrogen (secondary N) is 1. The van der Waals surface area contributed by atoms with Crippen LogP contribution in [-0.4, -0.2) is 42.7 Å². The lowest BCUT2D eigenvalue weighted by Gasteiger charge is -2.36. The van der Waals surface area contributed by atoms with E-state index < -0.39 is 12.0 Å². The van der Waals surface area contributed by atoms with E-state index in [0.29, 0.717) is 23.6 Å². The second-order valence-electron chi connectivity index (χ2n) is 6.43. The zero-order valence-electron chi connectivity index (χ0n) is 16.6. The van der Waals surface area contributed by atoms with E-state index in [1.165, 1.54) is 18.9 Å². The zero-order chi connectivity index (χ0) is 21.0. The Morgan fingerprint density at radius 1 is 1.31 bits per heavy atom. The van der Waals surface area contributed by atoms with Crippen molar-refractivity contribution in [1.82, 2.24) is 10.2 Å². The van der Waals surface area contributed by atoms with E-state index in [0.717, 1.165) is 16.4 Å². The summed E-state index contributed by atoms with van der Waals surface area (Å²) in [5.74, 6) is 0.144. The maximum atomic E-state index is 12.6. The molecular formula is C21H23N3O4S. The first-order valence-electron chi connectivity index (χ1n) is 9.04. The molecule has 0 aliphatic carbocycles. The van der Waals surface area contributed by atoms with Gasteiger partial charge in [-0.25, -0.2) is 9.79 Å². The normalized spacial score (nSPS) is 17.9. The van der Waals surface area contributed by atoms with Crippen LogP contribution in [0.5, 0.6) is 5.75 Å². The second-order valence-corrected chi connectivity index (χ2v) is 7.26. The van der Waals surface area contributed by atoms with Gasteiger partial charge in [-0.2, -0.15) is 0 Å². The third kappa shape index (κ3) is 4.22. The van der Waals surface area contributed by atoms with Crippen molar-refractivity contribution in [3.63, 3.8) is 0 Å². The summed E-state index contributed by atoms with van der Waals surface area (Å²) in [6.45, 7) is 5.80. The first kappa shape index (κ1) is 20.7. The molecule has 152 valence electrons. The van der Waals surface area contributed by atoms with Crippen LogP contribution in [0.2, 0.25) is 0 Å². The van der Waals surface area contributed by atoms with Crippen molar-refractivity contribution in [1.29, 1.82) is 0 Å². The van der Waals surface area contributed by atoms with E-state index in [2.05, 4.69) is 16.9 Å². The third-order valence-corrected chi connectivity index (χ3v) is 5.51. The summed E-state index contributed by atoms with van der Waals surface area (Å²) < 4.78 is 10.3. The summed E-state index contributed by atoms with van der Waals surface area (Å²) in [7, 11) is 2.95. The lowest BCUT2D eigenvalue weighted by Crippen LogP contribution is -2.38. The molecule has 1 amide bonds. The molecular weight excluding hydrogens is 390 g/mol. The lowest BCUT2D eigenvalue weighted by atomic mass is 9.94. The Morgan fingerprint density at radius 3 is 2.66 bits per heavy atom. The average molecular weight is 413 g/mol. The highest BCUT2D eigenvalue weighted by atomic mass is 32.2. The zero-order valence-corrected chi connectivity index (χ0v) is 17.4. The van der Waals surface area contributed by atoms with Crippen LogP contribution in [0.15, 0.2) is 64.3 Å². The maximum Gasteiger partial charge on any atom is 0.338 e. The number of rotatable bonds is 7. The van der Waals surface area contributed by atoms with Crippen molar-refractivity contribution >= 4 is 28.8 Å². The Labute approximate surface area is 174 Å². The molecule has 1 atom stereocenters. The van der Waals surface area contributed by atoms with Crippen LogP contribution in [0.4, 0.5) is 0 Å². The first-order valence-corrected chi connectivity index (χ1v) is 9.92. The van der Waals surface area contributed by atoms with E-state index in [4.69, 9.17) is 9.47 Å². The molecule has 1 N–H and O–H groups in total. The number of nitrogens with zero attached hydrogens (tertiary/aromatic N) is 2. The van der Waals surface area contributed by atoms with Gasteiger partial charge < -0.3 is 19.7 Å². The minimum Gasteiger partial charge on any atom is -0.497 e. The number of fused-ring (bicyclic) bond motifs is 1. The van der Waals surface area contributed by atoms with Crippen LogP contribution in [0.25, 0.3) is 0 Å². The number of amidine groups is 1. The molecule has 0 fully saturated rings. The largest absolute Gasteiger partial charge is 0.497 e. The number of hydrogen-bond donors (Lipinski definition) is 1. The first-order chi connectivity index (χ1) is 14.0. The molecule has 0 saturated heterocycles. The molecule has 7 nitrogen and oxygen atoms in total. The minimum atomic E-state index is -0.450. The standard InChI is InChI=1S/C21H23N3O4S/c1-5-10-22-17(25)11-15-12-29-21-23-13(2)18(20(26)28-4)19(24(15)21)14-6-8-16(27-3)9-7-14/h5-9,12,19H,1,10-11H2,2-4H3,(H,22,25). The van der Waals surface area contributed by atoms with Gasteiger partial charge in [0.05, 0.1) is 38.0 Å². The number of ether oxygens (including phenoxy) is 2. The Kier molecular flexibility index (Phi) is 6.43. The Hall–Kier alpha value is -3.00. The molecule has 0 spiro atoms. The number of benzene rings is 1. The van der Waals surface area contributed by atoms with Crippen molar-refractivity contribution in [2.45, 2.75) is 19.4 Å². The fourth-order valence-electron chi connectivity index (χ4n) is 3.26. The average Bonchev–Trinajstić information content (AvgIpc) is 3.12. The van der Waals surface area contributed by atoms with Gasteiger partial charge in [-0.15, -0.1) is 6.58 Å². The molecule has 8 heteroatoms. The Morgan fingerprint density at radius 2 is 2.03 bits per heavy atom. The summed E-state index contributed by atoms with van der Waals surface area (Å²) in [5, 5.41) is 5.41. The summed E-state index contributed by atoms with van der Waals surface area (Å²) >= 11 is 1.43. The van der Waals surface area contributed by atoms with E-state index in [1.807, 2.05) is 34.6 Å². The van der Waals surface area contributed by atoms with E-state index in [-0.39, 0.29) is 12.3 Å². The van der Waals surface area contributed by atoms with Crippen LogP contribution in [0.1, 0.15) is 24.9 Å².